The van der Waals surface area contributed by atoms with E-state index in [1.54, 1.807) is 12.1 Å². The fourth-order valence-corrected chi connectivity index (χ4v) is 2.02. The highest BCUT2D eigenvalue weighted by Crippen LogP contribution is 2.37. The summed E-state index contributed by atoms with van der Waals surface area (Å²) >= 11 is 16.0. The summed E-state index contributed by atoms with van der Waals surface area (Å²) in [6.45, 7) is 0. The molecule has 0 saturated heterocycles. The van der Waals surface area contributed by atoms with Crippen LogP contribution >= 0.6 is 35.8 Å². The molecular formula is C10H12Cl2O2S. The van der Waals surface area contributed by atoms with Crippen molar-refractivity contribution in [1.82, 2.24) is 0 Å². The lowest BCUT2D eigenvalue weighted by Gasteiger charge is -2.14. The summed E-state index contributed by atoms with van der Waals surface area (Å²) in [7, 11) is 1.52. The molecule has 1 aromatic rings. The van der Waals surface area contributed by atoms with Gasteiger partial charge in [-0.25, -0.2) is 0 Å². The number of aliphatic hydroxyl groups excluding tert-OH is 1. The molecule has 0 heterocycles. The molecule has 0 amide bonds. The Labute approximate surface area is 105 Å². The van der Waals surface area contributed by atoms with E-state index in [9.17, 15) is 5.11 Å². The van der Waals surface area contributed by atoms with Gasteiger partial charge in [0.1, 0.15) is 10.8 Å². The zero-order chi connectivity index (χ0) is 11.4. The highest BCUT2D eigenvalue weighted by atomic mass is 35.5. The normalized spacial score (nSPS) is 12.6. The Balaban J connectivity index is 3.06. The molecule has 0 aliphatic rings. The topological polar surface area (TPSA) is 29.5 Å². The zero-order valence-corrected chi connectivity index (χ0v) is 10.6. The molecule has 5 heteroatoms. The number of hydrogen-bond donors (Lipinski definition) is 2. The molecular weight excluding hydrogens is 255 g/mol. The fraction of sp³-hybridized carbons (Fsp3) is 0.400. The van der Waals surface area contributed by atoms with Crippen molar-refractivity contribution in [2.24, 2.45) is 0 Å². The maximum atomic E-state index is 9.76. The van der Waals surface area contributed by atoms with Crippen molar-refractivity contribution in [2.45, 2.75) is 12.5 Å². The number of methoxy groups -OCH3 is 1. The van der Waals surface area contributed by atoms with Gasteiger partial charge in [-0.1, -0.05) is 29.3 Å². The average molecular weight is 267 g/mol. The van der Waals surface area contributed by atoms with Crippen LogP contribution in [-0.2, 0) is 0 Å². The largest absolute Gasteiger partial charge is 0.495 e. The van der Waals surface area contributed by atoms with Gasteiger partial charge in [-0.05, 0) is 18.2 Å². The molecule has 1 N–H and O–H groups in total. The summed E-state index contributed by atoms with van der Waals surface area (Å²) in [6, 6.07) is 3.40. The van der Waals surface area contributed by atoms with Gasteiger partial charge in [0.05, 0.1) is 18.2 Å². The van der Waals surface area contributed by atoms with Crippen molar-refractivity contribution in [1.29, 1.82) is 0 Å². The lowest BCUT2D eigenvalue weighted by atomic mass is 10.1. The molecule has 0 aromatic heterocycles. The van der Waals surface area contributed by atoms with E-state index in [4.69, 9.17) is 27.9 Å². The van der Waals surface area contributed by atoms with Crippen LogP contribution in [-0.4, -0.2) is 18.0 Å². The van der Waals surface area contributed by atoms with Crippen molar-refractivity contribution < 1.29 is 9.84 Å². The molecule has 1 rings (SSSR count). The summed E-state index contributed by atoms with van der Waals surface area (Å²) in [5.41, 5.74) is 0.608. The molecule has 0 saturated carbocycles. The third-order valence-corrected chi connectivity index (χ3v) is 3.20. The molecule has 0 aliphatic carbocycles. The van der Waals surface area contributed by atoms with Gasteiger partial charge in [-0.15, -0.1) is 0 Å². The Morgan fingerprint density at radius 1 is 1.40 bits per heavy atom. The number of halogens is 2. The van der Waals surface area contributed by atoms with E-state index in [0.29, 0.717) is 33.5 Å². The number of hydrogen-bond acceptors (Lipinski definition) is 3. The lowest BCUT2D eigenvalue weighted by Crippen LogP contribution is -2.00. The Morgan fingerprint density at radius 3 is 2.60 bits per heavy atom. The van der Waals surface area contributed by atoms with E-state index < -0.39 is 6.10 Å². The average Bonchev–Trinajstić information content (AvgIpc) is 2.22. The second-order valence-corrected chi connectivity index (χ2v) is 4.22. The maximum Gasteiger partial charge on any atom is 0.139 e. The van der Waals surface area contributed by atoms with Gasteiger partial charge in [0.15, 0.2) is 0 Å². The smallest absolute Gasteiger partial charge is 0.139 e. The SMILES string of the molecule is COc1ccc(C(O)CCS)c(Cl)c1Cl. The van der Waals surface area contributed by atoms with Crippen LogP contribution in [0.3, 0.4) is 0 Å². The Kier molecular flexibility index (Phi) is 5.06. The number of aliphatic hydroxyl groups is 1. The minimum Gasteiger partial charge on any atom is -0.495 e. The predicted molar refractivity (Wildman–Crippen MR) is 66.4 cm³/mol. The van der Waals surface area contributed by atoms with Gasteiger partial charge in [-0.3, -0.25) is 0 Å². The number of rotatable bonds is 4. The van der Waals surface area contributed by atoms with Crippen molar-refractivity contribution in [2.75, 3.05) is 12.9 Å². The number of thiol groups is 1. The molecule has 0 bridgehead atoms. The number of ether oxygens (including phenoxy) is 1. The van der Waals surface area contributed by atoms with E-state index >= 15 is 0 Å². The molecule has 0 spiro atoms. The quantitative estimate of drug-likeness (QED) is 0.819. The van der Waals surface area contributed by atoms with E-state index in [-0.39, 0.29) is 0 Å². The first-order valence-corrected chi connectivity index (χ1v) is 5.81. The van der Waals surface area contributed by atoms with E-state index in [0.717, 1.165) is 0 Å². The summed E-state index contributed by atoms with van der Waals surface area (Å²) in [4.78, 5) is 0. The standard InChI is InChI=1S/C10H12Cl2O2S/c1-14-8-3-2-6(7(13)4-5-15)9(11)10(8)12/h2-3,7,13,15H,4-5H2,1H3. The van der Waals surface area contributed by atoms with Crippen LogP contribution in [0.1, 0.15) is 18.1 Å². The first kappa shape index (κ1) is 13.0. The van der Waals surface area contributed by atoms with Gasteiger partial charge in [0.2, 0.25) is 0 Å². The molecule has 0 radical (unpaired) electrons. The van der Waals surface area contributed by atoms with Crippen LogP contribution < -0.4 is 4.74 Å². The van der Waals surface area contributed by atoms with Gasteiger partial charge in [0, 0.05) is 5.56 Å². The van der Waals surface area contributed by atoms with Crippen LogP contribution in [0.4, 0.5) is 0 Å². The van der Waals surface area contributed by atoms with E-state index in [1.165, 1.54) is 7.11 Å². The van der Waals surface area contributed by atoms with Crippen LogP contribution in [0, 0.1) is 0 Å². The van der Waals surface area contributed by atoms with Crippen molar-refractivity contribution >= 4 is 35.8 Å². The summed E-state index contributed by atoms with van der Waals surface area (Å²) in [6.07, 6.45) is -0.107. The first-order valence-electron chi connectivity index (χ1n) is 4.42. The molecule has 1 aromatic carbocycles. The zero-order valence-electron chi connectivity index (χ0n) is 8.20. The van der Waals surface area contributed by atoms with Crippen molar-refractivity contribution in [3.63, 3.8) is 0 Å². The van der Waals surface area contributed by atoms with Crippen LogP contribution in [0.25, 0.3) is 0 Å². The summed E-state index contributed by atoms with van der Waals surface area (Å²) < 4.78 is 5.01. The second-order valence-electron chi connectivity index (χ2n) is 3.01. The molecule has 2 nitrogen and oxygen atoms in total. The van der Waals surface area contributed by atoms with Gasteiger partial charge in [0.25, 0.3) is 0 Å². The lowest BCUT2D eigenvalue weighted by molar-refractivity contribution is 0.175. The Hall–Kier alpha value is -0.0900. The Morgan fingerprint density at radius 2 is 2.07 bits per heavy atom. The van der Waals surface area contributed by atoms with Crippen LogP contribution in [0.15, 0.2) is 12.1 Å². The third-order valence-electron chi connectivity index (χ3n) is 2.06. The van der Waals surface area contributed by atoms with Gasteiger partial charge >= 0.3 is 0 Å². The molecule has 15 heavy (non-hydrogen) atoms. The summed E-state index contributed by atoms with van der Waals surface area (Å²) in [5.74, 6) is 1.09. The van der Waals surface area contributed by atoms with Crippen LogP contribution in [0.2, 0.25) is 10.0 Å². The minimum atomic E-state index is -0.640. The monoisotopic (exact) mass is 266 g/mol. The highest BCUT2D eigenvalue weighted by Gasteiger charge is 2.15. The molecule has 0 aliphatic heterocycles. The number of benzene rings is 1. The van der Waals surface area contributed by atoms with E-state index in [1.807, 2.05) is 0 Å². The molecule has 84 valence electrons. The molecule has 0 fully saturated rings. The Bertz CT molecular complexity index is 344. The van der Waals surface area contributed by atoms with Crippen molar-refractivity contribution in [3.8, 4) is 5.75 Å². The fourth-order valence-electron chi connectivity index (χ4n) is 1.24. The van der Waals surface area contributed by atoms with E-state index in [2.05, 4.69) is 12.6 Å². The summed E-state index contributed by atoms with van der Waals surface area (Å²) in [5, 5.41) is 10.4. The molecule has 1 atom stereocenters. The van der Waals surface area contributed by atoms with Crippen LogP contribution in [0.5, 0.6) is 5.75 Å². The molecule has 1 unspecified atom stereocenters. The maximum absolute atomic E-state index is 9.76. The van der Waals surface area contributed by atoms with Crippen molar-refractivity contribution in [3.05, 3.63) is 27.7 Å². The second kappa shape index (κ2) is 5.85. The first-order chi connectivity index (χ1) is 7.11. The third kappa shape index (κ3) is 2.94. The minimum absolute atomic E-state index is 0.329. The highest BCUT2D eigenvalue weighted by molar-refractivity contribution is 7.80. The predicted octanol–water partition coefficient (Wildman–Crippen LogP) is 3.36. The van der Waals surface area contributed by atoms with Gasteiger partial charge in [-0.2, -0.15) is 12.6 Å². The van der Waals surface area contributed by atoms with Gasteiger partial charge < -0.3 is 9.84 Å².